The maximum atomic E-state index is 14.3. The number of esters is 1. The molecule has 1 aliphatic rings. The molecule has 0 aromatic heterocycles. The number of nitrogens with one attached hydrogen (secondary N) is 2. The van der Waals surface area contributed by atoms with Crippen molar-refractivity contribution in [3.8, 4) is 11.5 Å². The molecule has 0 saturated heterocycles. The fraction of sp³-hybridized carbons (Fsp3) is 0.257. The minimum Gasteiger partial charge on any atom is -0.496 e. The number of carbonyl (C=O) groups is 4. The van der Waals surface area contributed by atoms with Crippen LogP contribution in [-0.2, 0) is 27.4 Å². The van der Waals surface area contributed by atoms with Crippen molar-refractivity contribution in [2.45, 2.75) is 26.1 Å². The number of halogens is 1. The van der Waals surface area contributed by atoms with Crippen LogP contribution in [0.2, 0.25) is 0 Å². The number of fused-ring (bicyclic) bond motifs is 2. The number of hydrogen-bond acceptors (Lipinski definition) is 8. The molecule has 4 N–H and O–H groups in total. The summed E-state index contributed by atoms with van der Waals surface area (Å²) in [5, 5.41) is 7.49. The molecule has 2 atom stereocenters. The van der Waals surface area contributed by atoms with Gasteiger partial charge in [0.15, 0.2) is 5.75 Å². The second-order valence-corrected chi connectivity index (χ2v) is 12.0. The van der Waals surface area contributed by atoms with Gasteiger partial charge in [-0.3, -0.25) is 14.4 Å². The van der Waals surface area contributed by atoms with E-state index in [9.17, 15) is 19.2 Å². The largest absolute Gasteiger partial charge is 0.496 e. The van der Waals surface area contributed by atoms with E-state index in [2.05, 4.69) is 26.6 Å². The van der Waals surface area contributed by atoms with Gasteiger partial charge in [-0.15, -0.1) is 0 Å². The maximum absolute atomic E-state index is 14.3. The van der Waals surface area contributed by atoms with Gasteiger partial charge in [0.05, 0.1) is 37.6 Å². The maximum Gasteiger partial charge on any atom is 0.337 e. The summed E-state index contributed by atoms with van der Waals surface area (Å²) in [6.45, 7) is 1.81. The zero-order valence-corrected chi connectivity index (χ0v) is 27.8. The summed E-state index contributed by atoms with van der Waals surface area (Å²) < 4.78 is 17.5. The molecule has 12 heteroatoms. The van der Waals surface area contributed by atoms with Crippen LogP contribution in [0.4, 0.5) is 5.69 Å². The number of nitrogens with zero attached hydrogens (tertiary/aromatic N) is 1. The highest BCUT2D eigenvalue weighted by atomic mass is 79.9. The monoisotopic (exact) mass is 702 g/mol. The molecule has 3 amide bonds. The van der Waals surface area contributed by atoms with E-state index in [0.29, 0.717) is 17.0 Å². The number of benzene rings is 4. The lowest BCUT2D eigenvalue weighted by atomic mass is 10.0. The molecular weight excluding hydrogens is 668 g/mol. The normalized spacial score (nSPS) is 14.8. The Morgan fingerprint density at radius 1 is 1.06 bits per heavy atom. The highest BCUT2D eigenvalue weighted by molar-refractivity contribution is 9.10. The Balaban J connectivity index is 1.51. The smallest absolute Gasteiger partial charge is 0.337 e. The van der Waals surface area contributed by atoms with Crippen molar-refractivity contribution < 1.29 is 33.4 Å². The number of ether oxygens (including phenoxy) is 3. The predicted molar refractivity (Wildman–Crippen MR) is 180 cm³/mol. The second-order valence-electron chi connectivity index (χ2n) is 11.1. The van der Waals surface area contributed by atoms with Crippen LogP contribution in [0, 0.1) is 5.92 Å². The van der Waals surface area contributed by atoms with Gasteiger partial charge in [0.2, 0.25) is 5.91 Å². The average molecular weight is 704 g/mol. The molecule has 0 aliphatic carbocycles. The van der Waals surface area contributed by atoms with E-state index in [-0.39, 0.29) is 43.5 Å². The third kappa shape index (κ3) is 7.23. The van der Waals surface area contributed by atoms with Crippen LogP contribution in [-0.4, -0.2) is 57.1 Å². The van der Waals surface area contributed by atoms with Gasteiger partial charge in [-0.2, -0.15) is 0 Å². The Morgan fingerprint density at radius 3 is 2.53 bits per heavy atom. The first-order valence-corrected chi connectivity index (χ1v) is 15.7. The fourth-order valence-electron chi connectivity index (χ4n) is 5.31. The Morgan fingerprint density at radius 2 is 1.83 bits per heavy atom. The SMILES string of the molecule is COC(=O)c1ccc(CNC(=O)c2cccc3c2OC[C@H](NC(=O)[C@@H](C)CN)C(=O)N3Cc2c(OC)ccc3cc(Br)ccc23)cc1. The van der Waals surface area contributed by atoms with Gasteiger partial charge in [0.25, 0.3) is 11.8 Å². The van der Waals surface area contributed by atoms with Gasteiger partial charge in [-0.25, -0.2) is 4.79 Å². The van der Waals surface area contributed by atoms with Crippen LogP contribution in [0.25, 0.3) is 10.8 Å². The van der Waals surface area contributed by atoms with E-state index in [1.165, 1.54) is 12.0 Å². The molecule has 4 aromatic carbocycles. The van der Waals surface area contributed by atoms with Crippen LogP contribution >= 0.6 is 15.9 Å². The van der Waals surface area contributed by atoms with E-state index >= 15 is 0 Å². The Kier molecular flexibility index (Phi) is 10.4. The average Bonchev–Trinajstić information content (AvgIpc) is 3.22. The molecule has 0 bridgehead atoms. The lowest BCUT2D eigenvalue weighted by Gasteiger charge is -2.27. The van der Waals surface area contributed by atoms with Crippen molar-refractivity contribution >= 4 is 56.1 Å². The standard InChI is InChI=1S/C35H35BrN4O7/c1-20(16-37)32(41)39-28-19-47-31-26(33(42)38-17-21-7-9-22(10-8-21)35(44)46-3)5-4-6-29(31)40(34(28)43)18-27-25-13-12-24(36)15-23(25)11-14-30(27)45-2/h4-15,20,28H,16-19,37H2,1-3H3,(H,38,42)(H,39,41)/t20-,28-/m0/s1. The quantitative estimate of drug-likeness (QED) is 0.207. The van der Waals surface area contributed by atoms with E-state index < -0.39 is 29.7 Å². The molecule has 1 heterocycles. The highest BCUT2D eigenvalue weighted by Crippen LogP contribution is 2.38. The summed E-state index contributed by atoms with van der Waals surface area (Å²) >= 11 is 3.52. The van der Waals surface area contributed by atoms with Crippen molar-refractivity contribution in [1.29, 1.82) is 0 Å². The lowest BCUT2D eigenvalue weighted by molar-refractivity contribution is -0.130. The second kappa shape index (κ2) is 14.7. The Hall–Kier alpha value is -4.94. The summed E-state index contributed by atoms with van der Waals surface area (Å²) in [7, 11) is 2.87. The predicted octanol–water partition coefficient (Wildman–Crippen LogP) is 4.33. The van der Waals surface area contributed by atoms with Crippen LogP contribution in [0.3, 0.4) is 0 Å². The molecule has 5 rings (SSSR count). The lowest BCUT2D eigenvalue weighted by Crippen LogP contribution is -2.52. The molecular formula is C35H35BrN4O7. The minimum absolute atomic E-state index is 0.0633. The van der Waals surface area contributed by atoms with Crippen LogP contribution in [0.5, 0.6) is 11.5 Å². The summed E-state index contributed by atoms with van der Waals surface area (Å²) in [6.07, 6.45) is 0. The molecule has 0 saturated carbocycles. The molecule has 1 aliphatic heterocycles. The molecule has 244 valence electrons. The molecule has 0 spiro atoms. The van der Waals surface area contributed by atoms with Crippen molar-refractivity contribution in [2.24, 2.45) is 11.7 Å². The first-order valence-electron chi connectivity index (χ1n) is 14.9. The molecule has 11 nitrogen and oxygen atoms in total. The topological polar surface area (TPSA) is 149 Å². The number of hydrogen-bond donors (Lipinski definition) is 3. The Labute approximate surface area is 280 Å². The van der Waals surface area contributed by atoms with Crippen molar-refractivity contribution in [3.63, 3.8) is 0 Å². The minimum atomic E-state index is -1.05. The van der Waals surface area contributed by atoms with Gasteiger partial charge in [-0.1, -0.05) is 53.2 Å². The first-order chi connectivity index (χ1) is 22.6. The number of methoxy groups -OCH3 is 2. The fourth-order valence-corrected chi connectivity index (χ4v) is 5.69. The van der Waals surface area contributed by atoms with Crippen molar-refractivity contribution in [2.75, 3.05) is 32.3 Å². The van der Waals surface area contributed by atoms with Crippen molar-refractivity contribution in [1.82, 2.24) is 10.6 Å². The number of carbonyl (C=O) groups excluding carboxylic acids is 4. The number of amides is 3. The van der Waals surface area contributed by atoms with E-state index in [1.54, 1.807) is 56.5 Å². The van der Waals surface area contributed by atoms with Crippen LogP contribution in [0.15, 0.2) is 77.3 Å². The number of anilines is 1. The number of rotatable bonds is 10. The third-order valence-corrected chi connectivity index (χ3v) is 8.51. The number of para-hydroxylation sites is 1. The zero-order chi connectivity index (χ0) is 33.7. The van der Waals surface area contributed by atoms with E-state index in [0.717, 1.165) is 26.4 Å². The van der Waals surface area contributed by atoms with Gasteiger partial charge in [0.1, 0.15) is 18.4 Å². The molecule has 0 unspecified atom stereocenters. The summed E-state index contributed by atoms with van der Waals surface area (Å²) in [6, 6.07) is 20.2. The van der Waals surface area contributed by atoms with Crippen LogP contribution < -0.4 is 30.7 Å². The van der Waals surface area contributed by atoms with Crippen molar-refractivity contribution in [3.05, 3.63) is 99.5 Å². The van der Waals surface area contributed by atoms with Gasteiger partial charge in [-0.05, 0) is 58.8 Å². The highest BCUT2D eigenvalue weighted by Gasteiger charge is 2.36. The van der Waals surface area contributed by atoms with Gasteiger partial charge in [0, 0.05) is 29.0 Å². The van der Waals surface area contributed by atoms with Crippen LogP contribution in [0.1, 0.15) is 38.8 Å². The third-order valence-electron chi connectivity index (χ3n) is 8.02. The van der Waals surface area contributed by atoms with E-state index in [4.69, 9.17) is 19.9 Å². The molecule has 0 radical (unpaired) electrons. The summed E-state index contributed by atoms with van der Waals surface area (Å²) in [5.74, 6) is -1.44. The van der Waals surface area contributed by atoms with E-state index in [1.807, 2.05) is 30.3 Å². The van der Waals surface area contributed by atoms with Gasteiger partial charge < -0.3 is 35.5 Å². The summed E-state index contributed by atoms with van der Waals surface area (Å²) in [5.41, 5.74) is 8.19. The Bertz CT molecular complexity index is 1830. The summed E-state index contributed by atoms with van der Waals surface area (Å²) in [4.78, 5) is 54.0. The van der Waals surface area contributed by atoms with Gasteiger partial charge >= 0.3 is 5.97 Å². The molecule has 47 heavy (non-hydrogen) atoms. The number of nitrogens with two attached hydrogens (primary N) is 1. The first kappa shape index (κ1) is 33.4. The molecule has 0 fully saturated rings. The zero-order valence-electron chi connectivity index (χ0n) is 26.2. The molecule has 4 aromatic rings.